The number of benzene rings is 1. The Hall–Kier alpha value is -1.63. The molecule has 0 bridgehead atoms. The Morgan fingerprint density at radius 3 is 3.14 bits per heavy atom. The molecule has 1 aliphatic heterocycles. The van der Waals surface area contributed by atoms with Gasteiger partial charge in [0.1, 0.15) is 11.1 Å². The van der Waals surface area contributed by atoms with Gasteiger partial charge in [-0.1, -0.05) is 23.7 Å². The van der Waals surface area contributed by atoms with E-state index in [2.05, 4.69) is 10.3 Å². The fourth-order valence-corrected chi connectivity index (χ4v) is 3.30. The van der Waals surface area contributed by atoms with E-state index >= 15 is 0 Å². The van der Waals surface area contributed by atoms with Crippen molar-refractivity contribution in [3.05, 3.63) is 45.4 Å². The number of urea groups is 1. The number of anilines is 1. The quantitative estimate of drug-likeness (QED) is 0.908. The molecule has 0 spiro atoms. The van der Waals surface area contributed by atoms with Crippen molar-refractivity contribution in [2.75, 3.05) is 25.0 Å². The summed E-state index contributed by atoms with van der Waals surface area (Å²) in [4.78, 5) is 18.5. The normalized spacial score (nSPS) is 18.3. The molecule has 22 heavy (non-hydrogen) atoms. The second kappa shape index (κ2) is 6.64. The second-order valence-electron chi connectivity index (χ2n) is 5.04. The van der Waals surface area contributed by atoms with E-state index in [4.69, 9.17) is 16.3 Å². The molecule has 116 valence electrons. The van der Waals surface area contributed by atoms with Crippen LogP contribution in [0.1, 0.15) is 16.7 Å². The number of hydrogen-bond acceptors (Lipinski definition) is 4. The summed E-state index contributed by atoms with van der Waals surface area (Å²) >= 11 is 7.69. The molecule has 5 nitrogen and oxygen atoms in total. The summed E-state index contributed by atoms with van der Waals surface area (Å²) in [5, 5.41) is 6.24. The van der Waals surface area contributed by atoms with Crippen LogP contribution >= 0.6 is 22.9 Å². The first-order valence-corrected chi connectivity index (χ1v) is 8.23. The van der Waals surface area contributed by atoms with E-state index in [1.165, 1.54) is 11.3 Å². The van der Waals surface area contributed by atoms with Crippen LogP contribution in [0.3, 0.4) is 0 Å². The molecule has 1 N–H and O–H groups in total. The topological polar surface area (TPSA) is 54.5 Å². The lowest BCUT2D eigenvalue weighted by molar-refractivity contribution is -0.0135. The number of aryl methyl sites for hydroxylation is 1. The molecule has 0 radical (unpaired) electrons. The van der Waals surface area contributed by atoms with E-state index in [1.807, 2.05) is 24.4 Å². The SMILES string of the molecule is Cc1cccc(Cl)c1NC(=O)N1CCO[C@H](c2nccs2)C1. The van der Waals surface area contributed by atoms with Gasteiger partial charge >= 0.3 is 6.03 Å². The number of morpholine rings is 1. The van der Waals surface area contributed by atoms with Crippen molar-refractivity contribution in [1.29, 1.82) is 0 Å². The van der Waals surface area contributed by atoms with Crippen molar-refractivity contribution in [3.8, 4) is 0 Å². The Balaban J connectivity index is 1.70. The monoisotopic (exact) mass is 337 g/mol. The fraction of sp³-hybridized carbons (Fsp3) is 0.333. The molecule has 1 aliphatic rings. The van der Waals surface area contributed by atoms with Gasteiger partial charge in [-0.15, -0.1) is 11.3 Å². The van der Waals surface area contributed by atoms with Gasteiger partial charge in [0.15, 0.2) is 0 Å². The molecular formula is C15H16ClN3O2S. The minimum Gasteiger partial charge on any atom is -0.367 e. The first-order chi connectivity index (χ1) is 10.6. The minimum atomic E-state index is -0.166. The molecule has 1 atom stereocenters. The number of ether oxygens (including phenoxy) is 1. The second-order valence-corrected chi connectivity index (χ2v) is 6.37. The van der Waals surface area contributed by atoms with E-state index < -0.39 is 0 Å². The Morgan fingerprint density at radius 1 is 1.55 bits per heavy atom. The van der Waals surface area contributed by atoms with E-state index in [0.717, 1.165) is 10.6 Å². The maximum absolute atomic E-state index is 12.5. The highest BCUT2D eigenvalue weighted by Gasteiger charge is 2.27. The van der Waals surface area contributed by atoms with Gasteiger partial charge in [0.2, 0.25) is 0 Å². The zero-order valence-corrected chi connectivity index (χ0v) is 13.7. The fourth-order valence-electron chi connectivity index (χ4n) is 2.35. The van der Waals surface area contributed by atoms with Crippen LogP contribution in [0.15, 0.2) is 29.8 Å². The van der Waals surface area contributed by atoms with Crippen LogP contribution in [0, 0.1) is 6.92 Å². The summed E-state index contributed by atoms with van der Waals surface area (Å²) in [6.45, 7) is 3.46. The van der Waals surface area contributed by atoms with Crippen LogP contribution < -0.4 is 5.32 Å². The largest absolute Gasteiger partial charge is 0.367 e. The van der Waals surface area contributed by atoms with Crippen LogP contribution in [-0.4, -0.2) is 35.6 Å². The number of carbonyl (C=O) groups is 1. The third-order valence-electron chi connectivity index (χ3n) is 3.53. The lowest BCUT2D eigenvalue weighted by atomic mass is 10.2. The number of para-hydroxylation sites is 1. The first kappa shape index (κ1) is 15.3. The zero-order chi connectivity index (χ0) is 15.5. The standard InChI is InChI=1S/C15H16ClN3O2S/c1-10-3-2-4-11(16)13(10)18-15(20)19-6-7-21-12(9-19)14-17-5-8-22-14/h2-5,8,12H,6-7,9H2,1H3,(H,18,20)/t12-/m0/s1. The maximum Gasteiger partial charge on any atom is 0.322 e. The summed E-state index contributed by atoms with van der Waals surface area (Å²) in [7, 11) is 0. The lowest BCUT2D eigenvalue weighted by Crippen LogP contribution is -2.44. The van der Waals surface area contributed by atoms with Gasteiger partial charge in [-0.05, 0) is 18.6 Å². The van der Waals surface area contributed by atoms with E-state index in [1.54, 1.807) is 17.2 Å². The average Bonchev–Trinajstić information content (AvgIpc) is 3.05. The number of hydrogen-bond donors (Lipinski definition) is 1. The highest BCUT2D eigenvalue weighted by molar-refractivity contribution is 7.09. The number of halogens is 1. The van der Waals surface area contributed by atoms with Crippen molar-refractivity contribution in [2.45, 2.75) is 13.0 Å². The molecule has 1 aromatic heterocycles. The van der Waals surface area contributed by atoms with Gasteiger partial charge < -0.3 is 15.0 Å². The van der Waals surface area contributed by atoms with Crippen LogP contribution in [-0.2, 0) is 4.74 Å². The smallest absolute Gasteiger partial charge is 0.322 e. The van der Waals surface area contributed by atoms with Crippen molar-refractivity contribution >= 4 is 34.7 Å². The van der Waals surface area contributed by atoms with Gasteiger partial charge in [-0.3, -0.25) is 0 Å². The third kappa shape index (κ3) is 3.24. The summed E-state index contributed by atoms with van der Waals surface area (Å²) in [6, 6.07) is 5.38. The molecule has 2 amide bonds. The number of nitrogens with zero attached hydrogens (tertiary/aromatic N) is 2. The molecule has 0 saturated carbocycles. The molecule has 2 heterocycles. The highest BCUT2D eigenvalue weighted by atomic mass is 35.5. The molecule has 0 aliphatic carbocycles. The van der Waals surface area contributed by atoms with E-state index in [0.29, 0.717) is 30.4 Å². The molecule has 1 aromatic carbocycles. The van der Waals surface area contributed by atoms with Crippen LogP contribution in [0.5, 0.6) is 0 Å². The summed E-state index contributed by atoms with van der Waals surface area (Å²) in [5.74, 6) is 0. The first-order valence-electron chi connectivity index (χ1n) is 6.97. The van der Waals surface area contributed by atoms with E-state index in [-0.39, 0.29) is 12.1 Å². The van der Waals surface area contributed by atoms with Gasteiger partial charge in [0.25, 0.3) is 0 Å². The number of carbonyl (C=O) groups excluding carboxylic acids is 1. The number of aromatic nitrogens is 1. The molecule has 2 aromatic rings. The Kier molecular flexibility index (Phi) is 4.61. The molecule has 0 unspecified atom stereocenters. The maximum atomic E-state index is 12.5. The number of rotatable bonds is 2. The van der Waals surface area contributed by atoms with E-state index in [9.17, 15) is 4.79 Å². The highest BCUT2D eigenvalue weighted by Crippen LogP contribution is 2.27. The molecule has 7 heteroatoms. The number of thiazole rings is 1. The number of amides is 2. The van der Waals surface area contributed by atoms with Crippen molar-refractivity contribution in [2.24, 2.45) is 0 Å². The predicted molar refractivity (Wildman–Crippen MR) is 87.6 cm³/mol. The summed E-state index contributed by atoms with van der Waals surface area (Å²) in [5.41, 5.74) is 1.59. The van der Waals surface area contributed by atoms with Crippen LogP contribution in [0.2, 0.25) is 5.02 Å². The average molecular weight is 338 g/mol. The van der Waals surface area contributed by atoms with Gasteiger partial charge in [0, 0.05) is 18.1 Å². The van der Waals surface area contributed by atoms with Crippen molar-refractivity contribution < 1.29 is 9.53 Å². The predicted octanol–water partition coefficient (Wildman–Crippen LogP) is 3.71. The van der Waals surface area contributed by atoms with Gasteiger partial charge in [-0.25, -0.2) is 9.78 Å². The van der Waals surface area contributed by atoms with Gasteiger partial charge in [0.05, 0.1) is 23.9 Å². The van der Waals surface area contributed by atoms with Crippen molar-refractivity contribution in [1.82, 2.24) is 9.88 Å². The van der Waals surface area contributed by atoms with Gasteiger partial charge in [-0.2, -0.15) is 0 Å². The molecule has 1 saturated heterocycles. The van der Waals surface area contributed by atoms with Crippen LogP contribution in [0.25, 0.3) is 0 Å². The minimum absolute atomic E-state index is 0.160. The Morgan fingerprint density at radius 2 is 2.41 bits per heavy atom. The molecule has 1 fully saturated rings. The van der Waals surface area contributed by atoms with Crippen LogP contribution in [0.4, 0.5) is 10.5 Å². The Bertz CT molecular complexity index is 643. The van der Waals surface area contributed by atoms with Crippen molar-refractivity contribution in [3.63, 3.8) is 0 Å². The lowest BCUT2D eigenvalue weighted by Gasteiger charge is -2.32. The number of nitrogens with one attached hydrogen (secondary N) is 1. The zero-order valence-electron chi connectivity index (χ0n) is 12.1. The molecule has 3 rings (SSSR count). The summed E-state index contributed by atoms with van der Waals surface area (Å²) in [6.07, 6.45) is 1.59. The Labute approximate surface area is 137 Å². The third-order valence-corrected chi connectivity index (χ3v) is 4.72. The molecular weight excluding hydrogens is 322 g/mol. The summed E-state index contributed by atoms with van der Waals surface area (Å²) < 4.78 is 5.70.